The molecule has 32 heavy (non-hydrogen) atoms. The van der Waals surface area contributed by atoms with E-state index in [0.29, 0.717) is 29.4 Å². The summed E-state index contributed by atoms with van der Waals surface area (Å²) in [5, 5.41) is 13.5. The second-order valence-corrected chi connectivity index (χ2v) is 7.63. The number of rotatable bonds is 11. The minimum Gasteiger partial charge on any atom is -0.507 e. The summed E-state index contributed by atoms with van der Waals surface area (Å²) in [6, 6.07) is 4.69. The Balaban J connectivity index is 2.51. The van der Waals surface area contributed by atoms with E-state index in [1.807, 2.05) is 19.0 Å². The lowest BCUT2D eigenvalue weighted by Crippen LogP contribution is -2.29. The van der Waals surface area contributed by atoms with Gasteiger partial charge in [-0.3, -0.25) is 4.79 Å². The Hall–Kier alpha value is -3.20. The summed E-state index contributed by atoms with van der Waals surface area (Å²) in [5.74, 6) is -0.0412. The molecule has 2 rings (SSSR count). The number of carbonyl (C=O) groups excluding carboxylic acids is 1. The van der Waals surface area contributed by atoms with Gasteiger partial charge in [-0.2, -0.15) is 0 Å². The number of nitrogens with zero attached hydrogens (tertiary/aromatic N) is 1. The average molecular weight is 449 g/mol. The number of benzene rings is 1. The molecule has 1 amide bonds. The summed E-state index contributed by atoms with van der Waals surface area (Å²) in [5.41, 5.74) is -0.255. The number of aromatic hydroxyl groups is 1. The van der Waals surface area contributed by atoms with Gasteiger partial charge in [0, 0.05) is 30.5 Å². The van der Waals surface area contributed by atoms with Gasteiger partial charge in [-0.15, -0.1) is 0 Å². The molecule has 0 saturated heterocycles. The van der Waals surface area contributed by atoms with Crippen molar-refractivity contribution in [2.45, 2.75) is 25.7 Å². The molecule has 1 atom stereocenters. The molecule has 176 valence electrons. The predicted octanol–water partition coefficient (Wildman–Crippen LogP) is 2.27. The summed E-state index contributed by atoms with van der Waals surface area (Å²) in [4.78, 5) is 27.5. The molecule has 9 nitrogen and oxygen atoms in total. The molecule has 1 heterocycles. The number of hydrogen-bond acceptors (Lipinski definition) is 8. The normalized spacial score (nSPS) is 11.8. The van der Waals surface area contributed by atoms with Gasteiger partial charge in [0.25, 0.3) is 0 Å². The van der Waals surface area contributed by atoms with E-state index in [4.69, 9.17) is 18.6 Å². The quantitative estimate of drug-likeness (QED) is 0.504. The second-order valence-electron chi connectivity index (χ2n) is 7.63. The molecular weight excluding hydrogens is 416 g/mol. The number of hydrogen-bond donors (Lipinski definition) is 2. The van der Waals surface area contributed by atoms with Crippen LogP contribution in [0.5, 0.6) is 23.0 Å². The Kier molecular flexibility index (Phi) is 8.95. The third-order valence-electron chi connectivity index (χ3n) is 5.04. The van der Waals surface area contributed by atoms with Gasteiger partial charge in [0.05, 0.1) is 26.9 Å². The van der Waals surface area contributed by atoms with Crippen molar-refractivity contribution in [3.63, 3.8) is 0 Å². The molecule has 9 heteroatoms. The average Bonchev–Trinajstić information content (AvgIpc) is 2.74. The molecule has 0 aliphatic heterocycles. The third-order valence-corrected chi connectivity index (χ3v) is 5.04. The Morgan fingerprint density at radius 1 is 1.16 bits per heavy atom. The minimum atomic E-state index is -0.838. The van der Waals surface area contributed by atoms with E-state index in [0.717, 1.165) is 13.0 Å². The molecule has 1 aromatic heterocycles. The fourth-order valence-electron chi connectivity index (χ4n) is 3.57. The number of nitrogens with one attached hydrogen (secondary N) is 1. The first kappa shape index (κ1) is 25.1. The van der Waals surface area contributed by atoms with Gasteiger partial charge in [-0.25, -0.2) is 4.79 Å². The Morgan fingerprint density at radius 2 is 1.84 bits per heavy atom. The summed E-state index contributed by atoms with van der Waals surface area (Å²) in [6.07, 6.45) is 0.677. The zero-order valence-corrected chi connectivity index (χ0v) is 19.5. The van der Waals surface area contributed by atoms with Crippen LogP contribution in [0.25, 0.3) is 0 Å². The monoisotopic (exact) mass is 448 g/mol. The first-order valence-electron chi connectivity index (χ1n) is 10.3. The van der Waals surface area contributed by atoms with E-state index in [1.54, 1.807) is 19.1 Å². The van der Waals surface area contributed by atoms with E-state index < -0.39 is 11.5 Å². The number of amides is 1. The van der Waals surface area contributed by atoms with Gasteiger partial charge >= 0.3 is 5.63 Å². The SMILES string of the molecule is COc1ccc([C@H](CC(=O)NCCCN(C)C)c2c(O)cc(C)oc2=O)c(OC)c1OC. The molecule has 0 bridgehead atoms. The van der Waals surface area contributed by atoms with Crippen molar-refractivity contribution in [1.82, 2.24) is 10.2 Å². The maximum absolute atomic E-state index is 12.8. The van der Waals surface area contributed by atoms with Crippen LogP contribution in [0.4, 0.5) is 0 Å². The van der Waals surface area contributed by atoms with Crippen LogP contribution in [0.15, 0.2) is 27.4 Å². The Bertz CT molecular complexity index is 985. The molecule has 0 spiro atoms. The van der Waals surface area contributed by atoms with Crippen molar-refractivity contribution >= 4 is 5.91 Å². The van der Waals surface area contributed by atoms with Crippen LogP contribution in [-0.4, -0.2) is 64.4 Å². The largest absolute Gasteiger partial charge is 0.507 e. The molecule has 1 aromatic carbocycles. The highest BCUT2D eigenvalue weighted by Crippen LogP contribution is 2.45. The van der Waals surface area contributed by atoms with Crippen LogP contribution >= 0.6 is 0 Å². The van der Waals surface area contributed by atoms with Crippen molar-refractivity contribution < 1.29 is 28.5 Å². The number of carbonyl (C=O) groups is 1. The molecule has 0 aliphatic carbocycles. The zero-order valence-electron chi connectivity index (χ0n) is 19.5. The van der Waals surface area contributed by atoms with Gasteiger partial charge in [0.2, 0.25) is 11.7 Å². The number of aryl methyl sites for hydroxylation is 1. The van der Waals surface area contributed by atoms with Gasteiger partial charge in [0.15, 0.2) is 11.5 Å². The topological polar surface area (TPSA) is 110 Å². The standard InChI is InChI=1S/C23H32N2O7/c1-14-12-17(26)20(23(28)32-14)16(13-19(27)24-10-7-11-25(2)3)15-8-9-18(29-4)22(31-6)21(15)30-5/h8-9,12,16,26H,7,10-11,13H2,1-6H3,(H,24,27)/t16-/m0/s1. The smallest absolute Gasteiger partial charge is 0.343 e. The van der Waals surface area contributed by atoms with E-state index >= 15 is 0 Å². The fraction of sp³-hybridized carbons (Fsp3) is 0.478. The predicted molar refractivity (Wildman–Crippen MR) is 120 cm³/mol. The summed E-state index contributed by atoms with van der Waals surface area (Å²) >= 11 is 0. The van der Waals surface area contributed by atoms with Crippen molar-refractivity contribution in [3.05, 3.63) is 45.5 Å². The molecule has 2 N–H and O–H groups in total. The molecule has 0 aliphatic rings. The molecular formula is C23H32N2O7. The summed E-state index contributed by atoms with van der Waals surface area (Å²) < 4.78 is 21.6. The van der Waals surface area contributed by atoms with Crippen molar-refractivity contribution in [1.29, 1.82) is 0 Å². The van der Waals surface area contributed by atoms with E-state index in [9.17, 15) is 14.7 Å². The van der Waals surface area contributed by atoms with Crippen molar-refractivity contribution in [2.24, 2.45) is 0 Å². The molecule has 2 aromatic rings. The van der Waals surface area contributed by atoms with Gasteiger partial charge < -0.3 is 34.0 Å². The van der Waals surface area contributed by atoms with Gasteiger partial charge in [-0.1, -0.05) is 6.07 Å². The lowest BCUT2D eigenvalue weighted by molar-refractivity contribution is -0.121. The maximum Gasteiger partial charge on any atom is 0.343 e. The van der Waals surface area contributed by atoms with E-state index in [1.165, 1.54) is 27.4 Å². The lowest BCUT2D eigenvalue weighted by Gasteiger charge is -2.22. The number of ether oxygens (including phenoxy) is 3. The van der Waals surface area contributed by atoms with Gasteiger partial charge in [-0.05, 0) is 40.1 Å². The number of methoxy groups -OCH3 is 3. The molecule has 0 unspecified atom stereocenters. The molecule has 0 saturated carbocycles. The van der Waals surface area contributed by atoms with E-state index in [-0.39, 0.29) is 29.4 Å². The van der Waals surface area contributed by atoms with Crippen LogP contribution in [0.1, 0.15) is 35.6 Å². The first-order chi connectivity index (χ1) is 15.2. The Morgan fingerprint density at radius 3 is 2.41 bits per heavy atom. The summed E-state index contributed by atoms with van der Waals surface area (Å²) in [6.45, 7) is 2.88. The van der Waals surface area contributed by atoms with E-state index in [2.05, 4.69) is 5.32 Å². The molecule has 0 fully saturated rings. The van der Waals surface area contributed by atoms with Crippen molar-refractivity contribution in [2.75, 3.05) is 48.5 Å². The highest BCUT2D eigenvalue weighted by molar-refractivity contribution is 5.78. The maximum atomic E-state index is 12.8. The van der Waals surface area contributed by atoms with Crippen LogP contribution in [0, 0.1) is 6.92 Å². The zero-order chi connectivity index (χ0) is 23.8. The first-order valence-corrected chi connectivity index (χ1v) is 10.3. The third kappa shape index (κ3) is 5.94. The highest BCUT2D eigenvalue weighted by atomic mass is 16.5. The lowest BCUT2D eigenvalue weighted by atomic mass is 9.87. The Labute approximate surface area is 187 Å². The van der Waals surface area contributed by atoms with Crippen LogP contribution in [-0.2, 0) is 4.79 Å². The summed E-state index contributed by atoms with van der Waals surface area (Å²) in [7, 11) is 8.34. The highest BCUT2D eigenvalue weighted by Gasteiger charge is 2.30. The van der Waals surface area contributed by atoms with Crippen LogP contribution in [0.3, 0.4) is 0 Å². The van der Waals surface area contributed by atoms with Gasteiger partial charge in [0.1, 0.15) is 11.5 Å². The fourth-order valence-corrected chi connectivity index (χ4v) is 3.57. The molecule has 0 radical (unpaired) electrons. The van der Waals surface area contributed by atoms with Crippen LogP contribution in [0.2, 0.25) is 0 Å². The van der Waals surface area contributed by atoms with Crippen molar-refractivity contribution in [3.8, 4) is 23.0 Å². The second kappa shape index (κ2) is 11.4. The minimum absolute atomic E-state index is 0.0236. The van der Waals surface area contributed by atoms with Crippen LogP contribution < -0.4 is 25.2 Å².